The zero-order valence-corrected chi connectivity index (χ0v) is 11.6. The molecular weight excluding hydrogens is 260 g/mol. The lowest BCUT2D eigenvalue weighted by Crippen LogP contribution is -2.37. The monoisotopic (exact) mass is 279 g/mol. The Morgan fingerprint density at radius 1 is 1.45 bits per heavy atom. The van der Waals surface area contributed by atoms with E-state index in [0.717, 1.165) is 18.5 Å². The van der Waals surface area contributed by atoms with Crippen LogP contribution in [-0.4, -0.2) is 30.8 Å². The standard InChI is InChI=1S/C14H20N2O4/c1-19-13-9-16-10(6-7-15-14(17)18)8-12(13)20-11-4-2-3-5-11/h8-9,11,15H,2-7H2,1H3,(H,17,18)/p-1. The molecule has 0 unspecified atom stereocenters. The fourth-order valence-corrected chi connectivity index (χ4v) is 2.33. The zero-order chi connectivity index (χ0) is 14.4. The summed E-state index contributed by atoms with van der Waals surface area (Å²) in [6.07, 6.45) is 5.57. The molecule has 0 atom stereocenters. The van der Waals surface area contributed by atoms with Gasteiger partial charge in [0.05, 0.1) is 19.4 Å². The smallest absolute Gasteiger partial charge is 0.179 e. The summed E-state index contributed by atoms with van der Waals surface area (Å²) < 4.78 is 11.2. The number of amides is 1. The molecule has 0 radical (unpaired) electrons. The molecule has 6 nitrogen and oxygen atoms in total. The second-order valence-corrected chi connectivity index (χ2v) is 4.82. The minimum absolute atomic E-state index is 0.237. The van der Waals surface area contributed by atoms with Crippen molar-refractivity contribution in [1.82, 2.24) is 10.3 Å². The molecule has 1 N–H and O–H groups in total. The third kappa shape index (κ3) is 4.01. The average Bonchev–Trinajstić information content (AvgIpc) is 2.91. The van der Waals surface area contributed by atoms with Gasteiger partial charge in [-0.05, 0) is 25.7 Å². The minimum Gasteiger partial charge on any atom is -0.530 e. The van der Waals surface area contributed by atoms with Gasteiger partial charge in [-0.1, -0.05) is 0 Å². The van der Waals surface area contributed by atoms with Gasteiger partial charge in [0, 0.05) is 24.7 Å². The molecule has 1 amide bonds. The van der Waals surface area contributed by atoms with E-state index < -0.39 is 6.09 Å². The van der Waals surface area contributed by atoms with Crippen molar-refractivity contribution in [3.63, 3.8) is 0 Å². The number of carbonyl (C=O) groups excluding carboxylic acids is 1. The number of nitrogens with zero attached hydrogens (tertiary/aromatic N) is 1. The molecule has 1 fully saturated rings. The maximum atomic E-state index is 10.3. The molecule has 20 heavy (non-hydrogen) atoms. The van der Waals surface area contributed by atoms with E-state index in [0.29, 0.717) is 17.9 Å². The van der Waals surface area contributed by atoms with Gasteiger partial charge in [-0.25, -0.2) is 0 Å². The first-order valence-electron chi connectivity index (χ1n) is 6.83. The first-order chi connectivity index (χ1) is 9.69. The predicted octanol–water partition coefficient (Wildman–Crippen LogP) is 0.887. The van der Waals surface area contributed by atoms with E-state index in [9.17, 15) is 9.90 Å². The highest BCUT2D eigenvalue weighted by atomic mass is 16.5. The van der Waals surface area contributed by atoms with Crippen LogP contribution < -0.4 is 19.9 Å². The Morgan fingerprint density at radius 3 is 2.85 bits per heavy atom. The molecule has 2 rings (SSSR count). The van der Waals surface area contributed by atoms with Crippen LogP contribution in [-0.2, 0) is 6.42 Å². The Bertz CT molecular complexity index is 458. The topological polar surface area (TPSA) is 83.5 Å². The number of ether oxygens (including phenoxy) is 2. The average molecular weight is 279 g/mol. The summed E-state index contributed by atoms with van der Waals surface area (Å²) >= 11 is 0. The maximum Gasteiger partial charge on any atom is 0.179 e. The van der Waals surface area contributed by atoms with Crippen LogP contribution in [0.1, 0.15) is 31.4 Å². The third-order valence-corrected chi connectivity index (χ3v) is 3.35. The molecule has 0 spiro atoms. The number of hydrogen-bond donors (Lipinski definition) is 1. The van der Waals surface area contributed by atoms with Gasteiger partial charge in [0.25, 0.3) is 0 Å². The van der Waals surface area contributed by atoms with Gasteiger partial charge in [0.15, 0.2) is 11.5 Å². The molecule has 0 aromatic carbocycles. The lowest BCUT2D eigenvalue weighted by molar-refractivity contribution is -0.250. The van der Waals surface area contributed by atoms with Gasteiger partial charge >= 0.3 is 0 Å². The Balaban J connectivity index is 2.01. The fraction of sp³-hybridized carbons (Fsp3) is 0.571. The lowest BCUT2D eigenvalue weighted by atomic mass is 10.2. The van der Waals surface area contributed by atoms with Gasteiger partial charge < -0.3 is 24.7 Å². The Labute approximate surface area is 118 Å². The summed E-state index contributed by atoms with van der Waals surface area (Å²) in [6, 6.07) is 1.81. The van der Waals surface area contributed by atoms with E-state index in [1.165, 1.54) is 12.8 Å². The van der Waals surface area contributed by atoms with Crippen LogP contribution in [0.5, 0.6) is 11.5 Å². The summed E-state index contributed by atoms with van der Waals surface area (Å²) in [5.74, 6) is 1.28. The summed E-state index contributed by atoms with van der Waals surface area (Å²) in [5, 5.41) is 12.5. The van der Waals surface area contributed by atoms with Crippen molar-refractivity contribution in [2.24, 2.45) is 0 Å². The van der Waals surface area contributed by atoms with Crippen molar-refractivity contribution in [3.05, 3.63) is 18.0 Å². The number of carbonyl (C=O) groups is 1. The molecule has 110 valence electrons. The Hall–Kier alpha value is -1.98. The van der Waals surface area contributed by atoms with E-state index in [4.69, 9.17) is 9.47 Å². The van der Waals surface area contributed by atoms with E-state index in [1.807, 2.05) is 6.07 Å². The van der Waals surface area contributed by atoms with Crippen molar-refractivity contribution in [3.8, 4) is 11.5 Å². The molecular formula is C14H19N2O4-. The summed E-state index contributed by atoms with van der Waals surface area (Å²) in [5.41, 5.74) is 0.757. The molecule has 0 saturated heterocycles. The predicted molar refractivity (Wildman–Crippen MR) is 70.8 cm³/mol. The third-order valence-electron chi connectivity index (χ3n) is 3.35. The molecule has 1 aromatic heterocycles. The van der Waals surface area contributed by atoms with Crippen molar-refractivity contribution < 1.29 is 19.4 Å². The van der Waals surface area contributed by atoms with E-state index in [-0.39, 0.29) is 12.6 Å². The Morgan fingerprint density at radius 2 is 2.20 bits per heavy atom. The summed E-state index contributed by atoms with van der Waals surface area (Å²) in [4.78, 5) is 14.5. The van der Waals surface area contributed by atoms with Crippen LogP contribution in [0.3, 0.4) is 0 Å². The number of nitrogens with one attached hydrogen (secondary N) is 1. The second kappa shape index (κ2) is 6.98. The first-order valence-corrected chi connectivity index (χ1v) is 6.83. The Kier molecular flexibility index (Phi) is 5.03. The van der Waals surface area contributed by atoms with Gasteiger partial charge in [-0.2, -0.15) is 0 Å². The van der Waals surface area contributed by atoms with Crippen molar-refractivity contribution in [2.75, 3.05) is 13.7 Å². The van der Waals surface area contributed by atoms with Crippen molar-refractivity contribution in [1.29, 1.82) is 0 Å². The number of aromatic nitrogens is 1. The van der Waals surface area contributed by atoms with Crippen LogP contribution >= 0.6 is 0 Å². The van der Waals surface area contributed by atoms with Crippen LogP contribution in [0.2, 0.25) is 0 Å². The maximum absolute atomic E-state index is 10.3. The highest BCUT2D eigenvalue weighted by Gasteiger charge is 2.18. The lowest BCUT2D eigenvalue weighted by Gasteiger charge is -2.16. The summed E-state index contributed by atoms with van der Waals surface area (Å²) in [6.45, 7) is 0.268. The molecule has 1 aliphatic rings. The number of pyridine rings is 1. The molecule has 1 aromatic rings. The quantitative estimate of drug-likeness (QED) is 0.836. The van der Waals surface area contributed by atoms with Crippen LogP contribution in [0.15, 0.2) is 12.3 Å². The van der Waals surface area contributed by atoms with Crippen LogP contribution in [0, 0.1) is 0 Å². The molecule has 1 aliphatic carbocycles. The second-order valence-electron chi connectivity index (χ2n) is 4.82. The molecule has 0 bridgehead atoms. The van der Waals surface area contributed by atoms with Gasteiger partial charge in [-0.15, -0.1) is 0 Å². The van der Waals surface area contributed by atoms with Gasteiger partial charge in [-0.3, -0.25) is 4.98 Å². The first kappa shape index (κ1) is 14.4. The number of methoxy groups -OCH3 is 1. The van der Waals surface area contributed by atoms with Crippen molar-refractivity contribution in [2.45, 2.75) is 38.2 Å². The van der Waals surface area contributed by atoms with E-state index >= 15 is 0 Å². The van der Waals surface area contributed by atoms with Crippen LogP contribution in [0.25, 0.3) is 0 Å². The highest BCUT2D eigenvalue weighted by molar-refractivity contribution is 5.61. The van der Waals surface area contributed by atoms with Gasteiger partial charge in [0.1, 0.15) is 6.09 Å². The highest BCUT2D eigenvalue weighted by Crippen LogP contribution is 2.31. The van der Waals surface area contributed by atoms with E-state index in [1.54, 1.807) is 13.3 Å². The SMILES string of the molecule is COc1cnc(CCNC(=O)[O-])cc1OC1CCCC1. The number of hydrogen-bond acceptors (Lipinski definition) is 5. The minimum atomic E-state index is -1.28. The fourth-order valence-electron chi connectivity index (χ4n) is 2.33. The number of rotatable bonds is 6. The van der Waals surface area contributed by atoms with Crippen molar-refractivity contribution >= 4 is 6.09 Å². The molecule has 6 heteroatoms. The molecule has 1 saturated carbocycles. The normalized spacial score (nSPS) is 15.1. The van der Waals surface area contributed by atoms with E-state index in [2.05, 4.69) is 10.3 Å². The molecule has 0 aliphatic heterocycles. The molecule has 1 heterocycles. The largest absolute Gasteiger partial charge is 0.530 e. The van der Waals surface area contributed by atoms with Gasteiger partial charge in [0.2, 0.25) is 0 Å². The summed E-state index contributed by atoms with van der Waals surface area (Å²) in [7, 11) is 1.58. The zero-order valence-electron chi connectivity index (χ0n) is 11.6. The number of carboxylic acid groups (broad SMARTS) is 1. The van der Waals surface area contributed by atoms with Crippen LogP contribution in [0.4, 0.5) is 4.79 Å².